The van der Waals surface area contributed by atoms with Crippen LogP contribution in [0.3, 0.4) is 0 Å². The number of anilines is 2. The van der Waals surface area contributed by atoms with Gasteiger partial charge in [-0.1, -0.05) is 30.3 Å². The van der Waals surface area contributed by atoms with Crippen LogP contribution in [0.25, 0.3) is 10.9 Å². The minimum absolute atomic E-state index is 0.132. The zero-order valence-electron chi connectivity index (χ0n) is 16.1. The first kappa shape index (κ1) is 20.1. The summed E-state index contributed by atoms with van der Waals surface area (Å²) in [6.07, 6.45) is 0.853. The van der Waals surface area contributed by atoms with E-state index in [4.69, 9.17) is 9.47 Å². The van der Waals surface area contributed by atoms with Gasteiger partial charge in [0.1, 0.15) is 12.4 Å². The molecule has 3 amide bonds. The van der Waals surface area contributed by atoms with Crippen LogP contribution in [0.2, 0.25) is 0 Å². The van der Waals surface area contributed by atoms with E-state index in [1.54, 1.807) is 6.07 Å². The summed E-state index contributed by atoms with van der Waals surface area (Å²) in [4.78, 5) is 28.2. The van der Waals surface area contributed by atoms with E-state index >= 15 is 0 Å². The van der Waals surface area contributed by atoms with Gasteiger partial charge in [0.05, 0.1) is 23.6 Å². The third kappa shape index (κ3) is 5.42. The van der Waals surface area contributed by atoms with Crippen LogP contribution >= 0.6 is 0 Å². The number of H-pyrrole nitrogens is 1. The van der Waals surface area contributed by atoms with E-state index in [1.807, 2.05) is 37.3 Å². The Morgan fingerprint density at radius 3 is 2.72 bits per heavy atom. The minimum atomic E-state index is -0.646. The molecule has 0 aliphatic carbocycles. The maximum absolute atomic E-state index is 12.2. The lowest BCUT2D eigenvalue weighted by Gasteiger charge is -2.14. The van der Waals surface area contributed by atoms with Crippen LogP contribution in [0, 0.1) is 0 Å². The molecule has 3 rings (SSSR count). The molecular formula is C19H22N6O4. The molecule has 10 heteroatoms. The van der Waals surface area contributed by atoms with Crippen molar-refractivity contribution in [2.24, 2.45) is 0 Å². The number of urea groups is 1. The van der Waals surface area contributed by atoms with Crippen molar-refractivity contribution in [3.05, 3.63) is 48.2 Å². The third-order valence-electron chi connectivity index (χ3n) is 4.08. The molecule has 1 atom stereocenters. The molecule has 2 aromatic heterocycles. The number of hydrogen-bond acceptors (Lipinski definition) is 6. The highest BCUT2D eigenvalue weighted by Gasteiger charge is 2.13. The number of carbonyl (C=O) groups excluding carboxylic acids is 2. The van der Waals surface area contributed by atoms with Gasteiger partial charge in [0.25, 0.3) is 0 Å². The second-order valence-electron chi connectivity index (χ2n) is 6.17. The summed E-state index contributed by atoms with van der Waals surface area (Å²) in [5.74, 6) is 0.622. The van der Waals surface area contributed by atoms with Crippen LogP contribution in [0.5, 0.6) is 0 Å². The Morgan fingerprint density at radius 1 is 1.17 bits per heavy atom. The number of pyridine rings is 1. The smallest absolute Gasteiger partial charge is 0.412 e. The number of nitrogens with zero attached hydrogens (tertiary/aromatic N) is 2. The Labute approximate surface area is 167 Å². The number of ether oxygens (including phenoxy) is 2. The second-order valence-corrected chi connectivity index (χ2v) is 6.17. The summed E-state index contributed by atoms with van der Waals surface area (Å²) in [5, 5.41) is 15.5. The van der Waals surface area contributed by atoms with Crippen molar-refractivity contribution in [1.82, 2.24) is 20.5 Å². The van der Waals surface area contributed by atoms with E-state index in [1.165, 1.54) is 13.3 Å². The summed E-state index contributed by atoms with van der Waals surface area (Å²) < 4.78 is 9.75. The molecule has 0 spiro atoms. The molecule has 0 aliphatic rings. The maximum Gasteiger partial charge on any atom is 0.412 e. The number of aromatic nitrogens is 3. The first-order valence-electron chi connectivity index (χ1n) is 8.96. The molecule has 3 aromatic rings. The van der Waals surface area contributed by atoms with Crippen molar-refractivity contribution in [1.29, 1.82) is 0 Å². The monoisotopic (exact) mass is 398 g/mol. The van der Waals surface area contributed by atoms with Gasteiger partial charge in [-0.15, -0.1) is 0 Å². The SMILES string of the molecule is COCCOC(=O)Nc1n[nH]c2cc(NC(=O)NC(C)c3ccccc3)ncc12. The normalized spacial score (nSPS) is 11.7. The average molecular weight is 398 g/mol. The molecule has 2 heterocycles. The highest BCUT2D eigenvalue weighted by Crippen LogP contribution is 2.22. The maximum atomic E-state index is 12.2. The Balaban J connectivity index is 1.60. The number of rotatable bonds is 7. The van der Waals surface area contributed by atoms with E-state index < -0.39 is 6.09 Å². The number of amides is 3. The van der Waals surface area contributed by atoms with Crippen LogP contribution in [0.4, 0.5) is 21.2 Å². The zero-order valence-corrected chi connectivity index (χ0v) is 16.1. The first-order valence-corrected chi connectivity index (χ1v) is 8.96. The number of fused-ring (bicyclic) bond motifs is 1. The van der Waals surface area contributed by atoms with Gasteiger partial charge in [-0.2, -0.15) is 5.10 Å². The molecule has 0 saturated carbocycles. The van der Waals surface area contributed by atoms with Gasteiger partial charge in [0, 0.05) is 19.4 Å². The van der Waals surface area contributed by atoms with Crippen LogP contribution in [-0.2, 0) is 9.47 Å². The molecule has 0 radical (unpaired) electrons. The lowest BCUT2D eigenvalue weighted by molar-refractivity contribution is 0.107. The molecule has 10 nitrogen and oxygen atoms in total. The van der Waals surface area contributed by atoms with Crippen LogP contribution < -0.4 is 16.0 Å². The number of benzene rings is 1. The van der Waals surface area contributed by atoms with Gasteiger partial charge < -0.3 is 14.8 Å². The number of aromatic amines is 1. The van der Waals surface area contributed by atoms with Gasteiger partial charge in [0.2, 0.25) is 0 Å². The van der Waals surface area contributed by atoms with Crippen LogP contribution in [0.15, 0.2) is 42.6 Å². The fourth-order valence-electron chi connectivity index (χ4n) is 2.60. The van der Waals surface area contributed by atoms with Gasteiger partial charge >= 0.3 is 12.1 Å². The lowest BCUT2D eigenvalue weighted by atomic mass is 10.1. The summed E-state index contributed by atoms with van der Waals surface area (Å²) >= 11 is 0. The van der Waals surface area contributed by atoms with Crippen LogP contribution in [-0.4, -0.2) is 47.6 Å². The number of carbonyl (C=O) groups is 2. The van der Waals surface area contributed by atoms with E-state index in [2.05, 4.69) is 31.1 Å². The molecule has 0 aliphatic heterocycles. The Morgan fingerprint density at radius 2 is 1.97 bits per heavy atom. The Hall–Kier alpha value is -3.66. The van der Waals surface area contributed by atoms with Gasteiger partial charge in [-0.25, -0.2) is 14.6 Å². The minimum Gasteiger partial charge on any atom is -0.447 e. The van der Waals surface area contributed by atoms with Crippen molar-refractivity contribution < 1.29 is 19.1 Å². The Kier molecular flexibility index (Phi) is 6.59. The van der Waals surface area contributed by atoms with E-state index in [9.17, 15) is 9.59 Å². The zero-order chi connectivity index (χ0) is 20.6. The highest BCUT2D eigenvalue weighted by atomic mass is 16.6. The second kappa shape index (κ2) is 9.51. The molecule has 4 N–H and O–H groups in total. The number of nitrogens with one attached hydrogen (secondary N) is 4. The van der Waals surface area contributed by atoms with Crippen molar-refractivity contribution >= 4 is 34.7 Å². The lowest BCUT2D eigenvalue weighted by Crippen LogP contribution is -2.31. The molecular weight excluding hydrogens is 376 g/mol. The fourth-order valence-corrected chi connectivity index (χ4v) is 2.60. The largest absolute Gasteiger partial charge is 0.447 e. The summed E-state index contributed by atoms with van der Waals surface area (Å²) in [6.45, 7) is 2.33. The number of hydrogen-bond donors (Lipinski definition) is 4. The quantitative estimate of drug-likeness (QED) is 0.453. The van der Waals surface area contributed by atoms with Gasteiger partial charge in [-0.3, -0.25) is 15.7 Å². The molecule has 0 bridgehead atoms. The highest BCUT2D eigenvalue weighted by molar-refractivity contribution is 5.98. The van der Waals surface area contributed by atoms with Gasteiger partial charge in [-0.05, 0) is 12.5 Å². The van der Waals surface area contributed by atoms with Crippen molar-refractivity contribution in [3.63, 3.8) is 0 Å². The van der Waals surface area contributed by atoms with E-state index in [0.29, 0.717) is 23.3 Å². The first-order chi connectivity index (χ1) is 14.1. The van der Waals surface area contributed by atoms with E-state index in [-0.39, 0.29) is 24.5 Å². The van der Waals surface area contributed by atoms with Crippen molar-refractivity contribution in [2.45, 2.75) is 13.0 Å². The predicted molar refractivity (Wildman–Crippen MR) is 108 cm³/mol. The average Bonchev–Trinajstić information content (AvgIpc) is 3.10. The molecule has 1 aromatic carbocycles. The molecule has 29 heavy (non-hydrogen) atoms. The van der Waals surface area contributed by atoms with Crippen molar-refractivity contribution in [2.75, 3.05) is 31.0 Å². The standard InChI is InChI=1S/C19H22N6O4/c1-12(13-6-4-3-5-7-13)21-18(26)22-16-10-15-14(11-20-16)17(25-24-15)23-19(27)29-9-8-28-2/h3-7,10-12H,8-9H2,1-2H3,(H2,20,21,22,26)(H2,23,24,25,27). The van der Waals surface area contributed by atoms with Crippen molar-refractivity contribution in [3.8, 4) is 0 Å². The van der Waals surface area contributed by atoms with Gasteiger partial charge in [0.15, 0.2) is 5.82 Å². The summed E-state index contributed by atoms with van der Waals surface area (Å²) in [6, 6.07) is 10.7. The molecule has 0 fully saturated rings. The van der Waals surface area contributed by atoms with Crippen LogP contribution in [0.1, 0.15) is 18.5 Å². The van der Waals surface area contributed by atoms with E-state index in [0.717, 1.165) is 5.56 Å². The summed E-state index contributed by atoms with van der Waals surface area (Å²) in [7, 11) is 1.52. The third-order valence-corrected chi connectivity index (χ3v) is 4.08. The topological polar surface area (TPSA) is 130 Å². The fraction of sp³-hybridized carbons (Fsp3) is 0.263. The Bertz CT molecular complexity index is 975. The molecule has 1 unspecified atom stereocenters. The molecule has 152 valence electrons. The summed E-state index contributed by atoms with van der Waals surface area (Å²) in [5.41, 5.74) is 1.59. The predicted octanol–water partition coefficient (Wildman–Crippen LogP) is 3.04. The molecule has 0 saturated heterocycles. The number of methoxy groups -OCH3 is 1.